The highest BCUT2D eigenvalue weighted by Gasteiger charge is 2.21. The third kappa shape index (κ3) is 5.70. The number of phenols is 1. The Balaban J connectivity index is 1.62. The fourth-order valence-electron chi connectivity index (χ4n) is 2.98. The number of phenolic OH excluding ortho intramolecular Hbond substituents is 1. The maximum absolute atomic E-state index is 12.5. The van der Waals surface area contributed by atoms with Crippen molar-refractivity contribution >= 4 is 18.2 Å². The van der Waals surface area contributed by atoms with E-state index in [-0.39, 0.29) is 30.1 Å². The molecule has 3 aromatic rings. The van der Waals surface area contributed by atoms with Crippen molar-refractivity contribution in [2.45, 2.75) is 19.1 Å². The van der Waals surface area contributed by atoms with Gasteiger partial charge in [0.05, 0.1) is 5.56 Å². The van der Waals surface area contributed by atoms with Crippen LogP contribution in [0.4, 0.5) is 0 Å². The fourth-order valence-corrected chi connectivity index (χ4v) is 2.98. The number of carbonyl (C=O) groups excluding carboxylic acids is 2. The van der Waals surface area contributed by atoms with Crippen LogP contribution in [0, 0.1) is 0 Å². The number of amides is 1. The lowest BCUT2D eigenvalue weighted by molar-refractivity contribution is -0.139. The molecular weight excluding hydrogens is 398 g/mol. The van der Waals surface area contributed by atoms with E-state index in [2.05, 4.69) is 5.32 Å². The first-order valence-electron chi connectivity index (χ1n) is 9.54. The molecule has 0 spiro atoms. The topological polar surface area (TPSA) is 113 Å². The monoisotopic (exact) mass is 419 g/mol. The molecule has 0 aliphatic carbocycles. The van der Waals surface area contributed by atoms with Gasteiger partial charge in [-0.25, -0.2) is 4.79 Å². The van der Waals surface area contributed by atoms with Gasteiger partial charge in [-0.05, 0) is 35.4 Å². The molecule has 0 unspecified atom stereocenters. The van der Waals surface area contributed by atoms with Gasteiger partial charge in [0.2, 0.25) is 0 Å². The average molecular weight is 419 g/mol. The Morgan fingerprint density at radius 1 is 0.935 bits per heavy atom. The minimum Gasteiger partial charge on any atom is -0.507 e. The number of carboxylic acids is 1. The zero-order valence-electron chi connectivity index (χ0n) is 16.5. The molecule has 0 aromatic heterocycles. The fraction of sp³-hybridized carbons (Fsp3) is 0.125. The molecule has 7 heteroatoms. The molecule has 0 saturated heterocycles. The van der Waals surface area contributed by atoms with Crippen LogP contribution in [-0.4, -0.2) is 34.4 Å². The summed E-state index contributed by atoms with van der Waals surface area (Å²) in [5.74, 6) is -1.52. The van der Waals surface area contributed by atoms with E-state index >= 15 is 0 Å². The van der Waals surface area contributed by atoms with Gasteiger partial charge in [-0.15, -0.1) is 0 Å². The van der Waals surface area contributed by atoms with Gasteiger partial charge in [0.1, 0.15) is 24.1 Å². The Morgan fingerprint density at radius 2 is 1.65 bits per heavy atom. The molecule has 0 heterocycles. The van der Waals surface area contributed by atoms with E-state index < -0.39 is 17.9 Å². The van der Waals surface area contributed by atoms with Crippen LogP contribution >= 0.6 is 0 Å². The van der Waals surface area contributed by atoms with Crippen molar-refractivity contribution in [2.24, 2.45) is 0 Å². The van der Waals surface area contributed by atoms with E-state index in [1.54, 1.807) is 48.5 Å². The van der Waals surface area contributed by atoms with Crippen molar-refractivity contribution in [2.75, 3.05) is 0 Å². The number of aromatic hydroxyl groups is 1. The number of aldehydes is 1. The van der Waals surface area contributed by atoms with Gasteiger partial charge in [0.25, 0.3) is 5.91 Å². The lowest BCUT2D eigenvalue weighted by Gasteiger charge is -2.15. The molecule has 31 heavy (non-hydrogen) atoms. The van der Waals surface area contributed by atoms with Crippen molar-refractivity contribution in [3.8, 4) is 11.5 Å². The van der Waals surface area contributed by atoms with Gasteiger partial charge >= 0.3 is 5.97 Å². The van der Waals surface area contributed by atoms with Crippen molar-refractivity contribution in [1.82, 2.24) is 5.32 Å². The van der Waals surface area contributed by atoms with E-state index in [4.69, 9.17) is 4.74 Å². The quantitative estimate of drug-likeness (QED) is 0.459. The van der Waals surface area contributed by atoms with Crippen molar-refractivity contribution in [1.29, 1.82) is 0 Å². The summed E-state index contributed by atoms with van der Waals surface area (Å²) in [4.78, 5) is 35.1. The number of carboxylic acid groups (broad SMARTS) is 1. The lowest BCUT2D eigenvalue weighted by atomic mass is 10.1. The normalized spacial score (nSPS) is 11.4. The summed E-state index contributed by atoms with van der Waals surface area (Å²) >= 11 is 0. The summed E-state index contributed by atoms with van der Waals surface area (Å²) < 4.78 is 5.59. The largest absolute Gasteiger partial charge is 0.507 e. The first-order valence-corrected chi connectivity index (χ1v) is 9.54. The number of aliphatic carboxylic acids is 1. The Hall–Kier alpha value is -4.13. The summed E-state index contributed by atoms with van der Waals surface area (Å²) in [6, 6.07) is 19.0. The first kappa shape index (κ1) is 21.6. The van der Waals surface area contributed by atoms with Crippen molar-refractivity contribution in [3.05, 3.63) is 95.1 Å². The van der Waals surface area contributed by atoms with E-state index in [0.717, 1.165) is 11.1 Å². The Kier molecular flexibility index (Phi) is 7.01. The van der Waals surface area contributed by atoms with Crippen LogP contribution in [0.1, 0.15) is 31.8 Å². The Morgan fingerprint density at radius 3 is 2.29 bits per heavy atom. The molecular formula is C24H21NO6. The minimum atomic E-state index is -1.11. The van der Waals surface area contributed by atoms with Crippen molar-refractivity contribution < 1.29 is 29.3 Å². The average Bonchev–Trinajstić information content (AvgIpc) is 2.78. The Bertz CT molecular complexity index is 1060. The van der Waals surface area contributed by atoms with Crippen LogP contribution in [0.5, 0.6) is 11.5 Å². The standard InChI is InChI=1S/C24H21NO6/c26-14-19-21(27)7-4-8-22(19)31-15-17-9-11-18(12-10-17)23(28)25-20(24(29)30)13-16-5-2-1-3-6-16/h1-12,14,20,27H,13,15H2,(H,25,28)(H,29,30)/t20-/m0/s1. The number of rotatable bonds is 9. The molecule has 3 rings (SSSR count). The maximum Gasteiger partial charge on any atom is 0.326 e. The zero-order valence-corrected chi connectivity index (χ0v) is 16.5. The molecule has 0 aliphatic heterocycles. The van der Waals surface area contributed by atoms with Crippen LogP contribution < -0.4 is 10.1 Å². The SMILES string of the molecule is O=Cc1c(O)cccc1OCc1ccc(C(=O)N[C@@H](Cc2ccccc2)C(=O)O)cc1. The molecule has 0 fully saturated rings. The highest BCUT2D eigenvalue weighted by Crippen LogP contribution is 2.26. The second-order valence-electron chi connectivity index (χ2n) is 6.85. The summed E-state index contributed by atoms with van der Waals surface area (Å²) in [6.45, 7) is 0.123. The van der Waals surface area contributed by atoms with Crippen LogP contribution in [0.25, 0.3) is 0 Å². The molecule has 3 aromatic carbocycles. The molecule has 0 bridgehead atoms. The highest BCUT2D eigenvalue weighted by molar-refractivity contribution is 5.96. The minimum absolute atomic E-state index is 0.0663. The summed E-state index contributed by atoms with van der Waals surface area (Å²) in [6.07, 6.45) is 0.698. The molecule has 158 valence electrons. The first-order chi connectivity index (χ1) is 15.0. The van der Waals surface area contributed by atoms with Crippen LogP contribution in [0.3, 0.4) is 0 Å². The third-order valence-corrected chi connectivity index (χ3v) is 4.66. The van der Waals surface area contributed by atoms with Gasteiger partial charge in [-0.3, -0.25) is 9.59 Å². The molecule has 0 aliphatic rings. The molecule has 0 saturated carbocycles. The predicted octanol–water partition coefficient (Wildman–Crippen LogP) is 3.21. The van der Waals surface area contributed by atoms with Gasteiger partial charge in [-0.1, -0.05) is 48.5 Å². The van der Waals surface area contributed by atoms with E-state index in [1.165, 1.54) is 6.07 Å². The van der Waals surface area contributed by atoms with Gasteiger partial charge in [0, 0.05) is 12.0 Å². The van der Waals surface area contributed by atoms with E-state index in [9.17, 15) is 24.6 Å². The number of carbonyl (C=O) groups is 3. The number of ether oxygens (including phenoxy) is 1. The molecule has 1 amide bonds. The van der Waals surface area contributed by atoms with Crippen LogP contribution in [0.2, 0.25) is 0 Å². The molecule has 3 N–H and O–H groups in total. The van der Waals surface area contributed by atoms with Crippen LogP contribution in [0.15, 0.2) is 72.8 Å². The summed E-state index contributed by atoms with van der Waals surface area (Å²) in [5, 5.41) is 21.7. The van der Waals surface area contributed by atoms with E-state index in [0.29, 0.717) is 11.8 Å². The number of hydrogen-bond donors (Lipinski definition) is 3. The molecule has 1 atom stereocenters. The number of hydrogen-bond acceptors (Lipinski definition) is 5. The van der Waals surface area contributed by atoms with Gasteiger partial charge in [-0.2, -0.15) is 0 Å². The predicted molar refractivity (Wildman–Crippen MR) is 113 cm³/mol. The number of benzene rings is 3. The molecule has 7 nitrogen and oxygen atoms in total. The second kappa shape index (κ2) is 10.1. The Labute approximate surface area is 178 Å². The summed E-state index contributed by atoms with van der Waals surface area (Å²) in [7, 11) is 0. The van der Waals surface area contributed by atoms with Crippen LogP contribution in [-0.2, 0) is 17.8 Å². The lowest BCUT2D eigenvalue weighted by Crippen LogP contribution is -2.42. The third-order valence-electron chi connectivity index (χ3n) is 4.66. The summed E-state index contributed by atoms with van der Waals surface area (Å²) in [5.41, 5.74) is 1.92. The smallest absolute Gasteiger partial charge is 0.326 e. The van der Waals surface area contributed by atoms with E-state index in [1.807, 2.05) is 18.2 Å². The second-order valence-corrected chi connectivity index (χ2v) is 6.85. The highest BCUT2D eigenvalue weighted by atomic mass is 16.5. The maximum atomic E-state index is 12.5. The van der Waals surface area contributed by atoms with Gasteiger partial charge < -0.3 is 20.3 Å². The van der Waals surface area contributed by atoms with Crippen molar-refractivity contribution in [3.63, 3.8) is 0 Å². The molecule has 0 radical (unpaired) electrons. The zero-order chi connectivity index (χ0) is 22.2. The number of nitrogens with one attached hydrogen (secondary N) is 1. The van der Waals surface area contributed by atoms with Gasteiger partial charge in [0.15, 0.2) is 6.29 Å².